The zero-order chi connectivity index (χ0) is 16.2. The third kappa shape index (κ3) is 3.47. The Morgan fingerprint density at radius 1 is 1.22 bits per heavy atom. The average molecular weight is 374 g/mol. The predicted octanol–water partition coefficient (Wildman–Crippen LogP) is 4.04. The highest BCUT2D eigenvalue weighted by Crippen LogP contribution is 2.25. The molecule has 0 amide bonds. The number of nitrogen functional groups attached to an aromatic ring is 1. The summed E-state index contributed by atoms with van der Waals surface area (Å²) < 4.78 is 3.25. The second-order valence-electron chi connectivity index (χ2n) is 5.48. The molecule has 3 N–H and O–H groups in total. The van der Waals surface area contributed by atoms with Gasteiger partial charge in [-0.3, -0.25) is 0 Å². The molecule has 120 valence electrons. The molecule has 1 aromatic carbocycles. The minimum atomic E-state index is 0.301. The van der Waals surface area contributed by atoms with Gasteiger partial charge in [0.25, 0.3) is 0 Å². The number of rotatable bonds is 6. The molecule has 23 heavy (non-hydrogen) atoms. The summed E-state index contributed by atoms with van der Waals surface area (Å²) >= 11 is 3.61. The van der Waals surface area contributed by atoms with E-state index in [2.05, 4.69) is 54.8 Å². The van der Waals surface area contributed by atoms with E-state index in [1.807, 2.05) is 24.4 Å². The monoisotopic (exact) mass is 373 g/mol. The quantitative estimate of drug-likeness (QED) is 0.639. The highest BCUT2D eigenvalue weighted by molar-refractivity contribution is 9.10. The van der Waals surface area contributed by atoms with E-state index in [4.69, 9.17) is 5.73 Å². The Bertz CT molecular complexity index is 812. The smallest absolute Gasteiger partial charge is 0.222 e. The number of hydrogen-bond acceptors (Lipinski definition) is 4. The molecule has 3 aromatic rings. The van der Waals surface area contributed by atoms with Crippen molar-refractivity contribution >= 4 is 38.7 Å². The van der Waals surface area contributed by atoms with Crippen molar-refractivity contribution in [2.24, 2.45) is 0 Å². The van der Waals surface area contributed by atoms with E-state index < -0.39 is 0 Å². The lowest BCUT2D eigenvalue weighted by atomic mass is 10.2. The number of halogens is 1. The lowest BCUT2D eigenvalue weighted by Gasteiger charge is -2.12. The van der Waals surface area contributed by atoms with Crippen LogP contribution in [-0.2, 0) is 6.54 Å². The maximum atomic E-state index is 5.84. The molecule has 5 nitrogen and oxygen atoms in total. The van der Waals surface area contributed by atoms with Gasteiger partial charge in [0.05, 0.1) is 5.52 Å². The normalized spacial score (nSPS) is 11.0. The maximum Gasteiger partial charge on any atom is 0.222 e. The molecule has 0 saturated carbocycles. The van der Waals surface area contributed by atoms with Crippen LogP contribution in [0.3, 0.4) is 0 Å². The highest BCUT2D eigenvalue weighted by atomic mass is 79.9. The molecule has 0 fully saturated rings. The van der Waals surface area contributed by atoms with Gasteiger partial charge >= 0.3 is 0 Å². The largest absolute Gasteiger partial charge is 0.368 e. The summed E-state index contributed by atoms with van der Waals surface area (Å²) in [7, 11) is 0. The zero-order valence-electron chi connectivity index (χ0n) is 13.1. The first-order chi connectivity index (χ1) is 11.2. The molecule has 0 atom stereocenters. The van der Waals surface area contributed by atoms with E-state index in [0.717, 1.165) is 47.3 Å². The molecule has 3 rings (SSSR count). The topological polar surface area (TPSA) is 68.8 Å². The van der Waals surface area contributed by atoms with Gasteiger partial charge in [-0.1, -0.05) is 47.5 Å². The zero-order valence-corrected chi connectivity index (χ0v) is 14.7. The number of nitrogens with one attached hydrogen (secondary N) is 1. The van der Waals surface area contributed by atoms with Crippen LogP contribution in [0.5, 0.6) is 0 Å². The van der Waals surface area contributed by atoms with Crippen LogP contribution in [0, 0.1) is 0 Å². The molecule has 0 bridgehead atoms. The van der Waals surface area contributed by atoms with Crippen LogP contribution in [0.4, 0.5) is 11.8 Å². The maximum absolute atomic E-state index is 5.84. The minimum absolute atomic E-state index is 0.301. The van der Waals surface area contributed by atoms with Crippen LogP contribution in [-0.4, -0.2) is 21.1 Å². The number of benzene rings is 1. The molecule has 0 unspecified atom stereocenters. The van der Waals surface area contributed by atoms with Gasteiger partial charge in [-0.15, -0.1) is 0 Å². The summed E-state index contributed by atoms with van der Waals surface area (Å²) in [4.78, 5) is 8.74. The van der Waals surface area contributed by atoms with Gasteiger partial charge in [-0.2, -0.15) is 4.98 Å². The number of anilines is 2. The molecule has 0 aliphatic heterocycles. The third-order valence-corrected chi connectivity index (χ3v) is 4.52. The number of unbranched alkanes of at least 4 members (excludes halogenated alkanes) is 1. The van der Waals surface area contributed by atoms with E-state index in [9.17, 15) is 0 Å². The molecule has 0 aliphatic carbocycles. The van der Waals surface area contributed by atoms with Gasteiger partial charge in [-0.05, 0) is 24.1 Å². The Labute approximate surface area is 144 Å². The molecule has 6 heteroatoms. The Hall–Kier alpha value is -2.08. The summed E-state index contributed by atoms with van der Waals surface area (Å²) in [6.07, 6.45) is 4.26. The van der Waals surface area contributed by atoms with Gasteiger partial charge < -0.3 is 15.6 Å². The van der Waals surface area contributed by atoms with Crippen LogP contribution in [0.1, 0.15) is 25.3 Å². The van der Waals surface area contributed by atoms with Gasteiger partial charge in [0.2, 0.25) is 5.95 Å². The summed E-state index contributed by atoms with van der Waals surface area (Å²) in [6.45, 7) is 3.80. The lowest BCUT2D eigenvalue weighted by molar-refractivity contribution is 0.818. The van der Waals surface area contributed by atoms with E-state index >= 15 is 0 Å². The number of nitrogens with zero attached hydrogens (tertiary/aromatic N) is 3. The van der Waals surface area contributed by atoms with Crippen molar-refractivity contribution in [1.29, 1.82) is 0 Å². The van der Waals surface area contributed by atoms with Crippen molar-refractivity contribution < 1.29 is 0 Å². The van der Waals surface area contributed by atoms with E-state index in [1.165, 1.54) is 5.56 Å². The summed E-state index contributed by atoms with van der Waals surface area (Å²) in [6, 6.07) is 10.2. The minimum Gasteiger partial charge on any atom is -0.368 e. The van der Waals surface area contributed by atoms with Gasteiger partial charge in [-0.25, -0.2) is 4.98 Å². The molecule has 0 spiro atoms. The lowest BCUT2D eigenvalue weighted by Crippen LogP contribution is -2.09. The summed E-state index contributed by atoms with van der Waals surface area (Å²) in [5, 5.41) is 3.39. The van der Waals surface area contributed by atoms with E-state index in [-0.39, 0.29) is 0 Å². The first-order valence-electron chi connectivity index (χ1n) is 7.78. The van der Waals surface area contributed by atoms with Crippen LogP contribution < -0.4 is 11.1 Å². The van der Waals surface area contributed by atoms with Crippen LogP contribution in [0.25, 0.3) is 11.0 Å². The fraction of sp³-hybridized carbons (Fsp3) is 0.294. The number of aromatic nitrogens is 3. The van der Waals surface area contributed by atoms with Gasteiger partial charge in [0.1, 0.15) is 5.52 Å². The molecule has 0 radical (unpaired) electrons. The van der Waals surface area contributed by atoms with Gasteiger partial charge in [0.15, 0.2) is 5.82 Å². The van der Waals surface area contributed by atoms with Crippen molar-refractivity contribution in [1.82, 2.24) is 14.5 Å². The Kier molecular flexibility index (Phi) is 4.81. The van der Waals surface area contributed by atoms with Crippen LogP contribution >= 0.6 is 15.9 Å². The predicted molar refractivity (Wildman–Crippen MR) is 98.6 cm³/mol. The highest BCUT2D eigenvalue weighted by Gasteiger charge is 2.12. The fourth-order valence-corrected chi connectivity index (χ4v) is 2.98. The van der Waals surface area contributed by atoms with Gasteiger partial charge in [0, 0.05) is 23.8 Å². The molecule has 0 saturated heterocycles. The Morgan fingerprint density at radius 2 is 2.04 bits per heavy atom. The van der Waals surface area contributed by atoms with E-state index in [0.29, 0.717) is 5.95 Å². The second-order valence-corrected chi connectivity index (χ2v) is 6.33. The molecule has 2 aromatic heterocycles. The first-order valence-corrected chi connectivity index (χ1v) is 8.58. The number of nitrogens with two attached hydrogens (primary N) is 1. The van der Waals surface area contributed by atoms with Crippen molar-refractivity contribution in [3.63, 3.8) is 0 Å². The number of hydrogen-bond donors (Lipinski definition) is 2. The number of fused-ring (bicyclic) bond motifs is 1. The van der Waals surface area contributed by atoms with E-state index in [1.54, 1.807) is 0 Å². The fourth-order valence-electron chi connectivity index (χ4n) is 2.57. The standard InChI is InChI=1S/C17H20BrN5/c1-2-3-9-20-16-15-14(21-17(19)22-16)8-10-23(15)11-12-6-4-5-7-13(12)18/h4-8,10H,2-3,9,11H2,1H3,(H3,19,20,21,22). The van der Waals surface area contributed by atoms with Crippen molar-refractivity contribution in [3.8, 4) is 0 Å². The van der Waals surface area contributed by atoms with Crippen molar-refractivity contribution in [2.45, 2.75) is 26.3 Å². The Morgan fingerprint density at radius 3 is 2.83 bits per heavy atom. The van der Waals surface area contributed by atoms with Crippen molar-refractivity contribution in [2.75, 3.05) is 17.6 Å². The van der Waals surface area contributed by atoms with Crippen LogP contribution in [0.15, 0.2) is 41.0 Å². The average Bonchev–Trinajstić information content (AvgIpc) is 2.92. The van der Waals surface area contributed by atoms with Crippen molar-refractivity contribution in [3.05, 3.63) is 46.6 Å². The third-order valence-electron chi connectivity index (χ3n) is 3.75. The SMILES string of the molecule is CCCCNc1nc(N)nc2ccn(Cc3ccccc3Br)c12. The summed E-state index contributed by atoms with van der Waals surface area (Å²) in [5.41, 5.74) is 8.90. The molecular weight excluding hydrogens is 354 g/mol. The van der Waals surface area contributed by atoms with Crippen LogP contribution in [0.2, 0.25) is 0 Å². The second kappa shape index (κ2) is 7.00. The summed E-state index contributed by atoms with van der Waals surface area (Å²) in [5.74, 6) is 1.10. The Balaban J connectivity index is 1.99. The molecular formula is C17H20BrN5. The molecule has 2 heterocycles. The molecule has 0 aliphatic rings. The first kappa shape index (κ1) is 15.8.